The van der Waals surface area contributed by atoms with Gasteiger partial charge in [0.25, 0.3) is 0 Å². The van der Waals surface area contributed by atoms with Gasteiger partial charge < -0.3 is 15.6 Å². The van der Waals surface area contributed by atoms with Gasteiger partial charge in [0.1, 0.15) is 11.6 Å². The van der Waals surface area contributed by atoms with Crippen molar-refractivity contribution < 1.29 is 14.2 Å². The molecule has 0 aliphatic carbocycles. The minimum Gasteiger partial charge on any atom is -0.496 e. The Labute approximate surface area is 96.2 Å². The van der Waals surface area contributed by atoms with Gasteiger partial charge in [0.15, 0.2) is 0 Å². The van der Waals surface area contributed by atoms with Crippen molar-refractivity contribution in [3.63, 3.8) is 0 Å². The molecule has 0 bridgehead atoms. The molecule has 0 fully saturated rings. The van der Waals surface area contributed by atoms with E-state index < -0.39 is 11.9 Å². The standard InChI is InChI=1S/C10H13BrFNO2/c1-15-10-5-7(11)8(12)4-6(10)9(14)2-3-13/h4-5,9,14H,2-3,13H2,1H3. The zero-order chi connectivity index (χ0) is 11.4. The SMILES string of the molecule is COc1cc(Br)c(F)cc1C(O)CCN. The molecule has 3 nitrogen and oxygen atoms in total. The van der Waals surface area contributed by atoms with Gasteiger partial charge in [-0.15, -0.1) is 0 Å². The molecule has 0 heterocycles. The summed E-state index contributed by atoms with van der Waals surface area (Å²) >= 11 is 3.05. The zero-order valence-corrected chi connectivity index (χ0v) is 9.92. The van der Waals surface area contributed by atoms with E-state index in [2.05, 4.69) is 15.9 Å². The highest BCUT2D eigenvalue weighted by Crippen LogP contribution is 2.31. The van der Waals surface area contributed by atoms with E-state index in [0.29, 0.717) is 28.8 Å². The van der Waals surface area contributed by atoms with E-state index >= 15 is 0 Å². The maximum absolute atomic E-state index is 13.3. The van der Waals surface area contributed by atoms with Gasteiger partial charge in [-0.05, 0) is 41.0 Å². The van der Waals surface area contributed by atoms with E-state index in [0.717, 1.165) is 0 Å². The monoisotopic (exact) mass is 277 g/mol. The predicted octanol–water partition coefficient (Wildman–Crippen LogP) is 1.98. The number of rotatable bonds is 4. The number of hydrogen-bond acceptors (Lipinski definition) is 3. The van der Waals surface area contributed by atoms with Gasteiger partial charge in [-0.25, -0.2) is 4.39 Å². The topological polar surface area (TPSA) is 55.5 Å². The smallest absolute Gasteiger partial charge is 0.138 e. The number of methoxy groups -OCH3 is 1. The molecule has 84 valence electrons. The first-order valence-corrected chi connectivity index (χ1v) is 5.30. The lowest BCUT2D eigenvalue weighted by molar-refractivity contribution is 0.165. The Morgan fingerprint density at radius 3 is 2.80 bits per heavy atom. The molecule has 0 saturated heterocycles. The molecule has 0 aliphatic rings. The summed E-state index contributed by atoms with van der Waals surface area (Å²) in [7, 11) is 1.47. The van der Waals surface area contributed by atoms with Crippen molar-refractivity contribution in [2.24, 2.45) is 5.73 Å². The van der Waals surface area contributed by atoms with Crippen molar-refractivity contribution in [1.82, 2.24) is 0 Å². The maximum atomic E-state index is 13.3. The third-order valence-electron chi connectivity index (χ3n) is 2.07. The second kappa shape index (κ2) is 5.44. The van der Waals surface area contributed by atoms with Crippen LogP contribution in [0.1, 0.15) is 18.1 Å². The first-order chi connectivity index (χ1) is 7.10. The van der Waals surface area contributed by atoms with Crippen LogP contribution in [0.3, 0.4) is 0 Å². The van der Waals surface area contributed by atoms with Crippen LogP contribution in [0.5, 0.6) is 5.75 Å². The minimum atomic E-state index is -0.799. The van der Waals surface area contributed by atoms with Gasteiger partial charge in [-0.2, -0.15) is 0 Å². The van der Waals surface area contributed by atoms with Crippen LogP contribution < -0.4 is 10.5 Å². The number of nitrogens with two attached hydrogens (primary N) is 1. The van der Waals surface area contributed by atoms with Gasteiger partial charge in [0.05, 0.1) is 17.7 Å². The van der Waals surface area contributed by atoms with Crippen LogP contribution in [0.4, 0.5) is 4.39 Å². The molecule has 0 aromatic heterocycles. The summed E-state index contributed by atoms with van der Waals surface area (Å²) in [6.45, 7) is 0.335. The number of aliphatic hydroxyl groups excluding tert-OH is 1. The highest BCUT2D eigenvalue weighted by Gasteiger charge is 2.15. The predicted molar refractivity (Wildman–Crippen MR) is 59.3 cm³/mol. The van der Waals surface area contributed by atoms with Gasteiger partial charge in [0, 0.05) is 5.56 Å². The van der Waals surface area contributed by atoms with Crippen LogP contribution in [0, 0.1) is 5.82 Å². The summed E-state index contributed by atoms with van der Waals surface area (Å²) in [6, 6.07) is 2.74. The van der Waals surface area contributed by atoms with Crippen molar-refractivity contribution in [2.45, 2.75) is 12.5 Å². The fraction of sp³-hybridized carbons (Fsp3) is 0.400. The lowest BCUT2D eigenvalue weighted by atomic mass is 10.1. The van der Waals surface area contributed by atoms with Gasteiger partial charge >= 0.3 is 0 Å². The summed E-state index contributed by atoms with van der Waals surface area (Å²) < 4.78 is 18.6. The van der Waals surface area contributed by atoms with E-state index in [4.69, 9.17) is 10.5 Å². The molecule has 3 N–H and O–H groups in total. The quantitative estimate of drug-likeness (QED) is 0.885. The second-order valence-electron chi connectivity index (χ2n) is 3.10. The number of ether oxygens (including phenoxy) is 1. The Balaban J connectivity index is 3.09. The maximum Gasteiger partial charge on any atom is 0.138 e. The molecule has 1 rings (SSSR count). The normalized spacial score (nSPS) is 12.6. The molecule has 15 heavy (non-hydrogen) atoms. The van der Waals surface area contributed by atoms with Crippen molar-refractivity contribution in [2.75, 3.05) is 13.7 Å². The van der Waals surface area contributed by atoms with Gasteiger partial charge in [0.2, 0.25) is 0 Å². The summed E-state index contributed by atoms with van der Waals surface area (Å²) in [5.74, 6) is 0.0195. The van der Waals surface area contributed by atoms with E-state index in [1.54, 1.807) is 0 Å². The van der Waals surface area contributed by atoms with E-state index in [9.17, 15) is 9.50 Å². The van der Waals surface area contributed by atoms with E-state index in [-0.39, 0.29) is 0 Å². The molecule has 1 aromatic carbocycles. The lowest BCUT2D eigenvalue weighted by Crippen LogP contribution is -2.08. The third-order valence-corrected chi connectivity index (χ3v) is 2.68. The third kappa shape index (κ3) is 2.90. The molecule has 0 radical (unpaired) electrons. The summed E-state index contributed by atoms with van der Waals surface area (Å²) in [5, 5.41) is 9.71. The van der Waals surface area contributed by atoms with Crippen molar-refractivity contribution >= 4 is 15.9 Å². The van der Waals surface area contributed by atoms with Crippen LogP contribution in [0.2, 0.25) is 0 Å². The van der Waals surface area contributed by atoms with Crippen LogP contribution in [-0.4, -0.2) is 18.8 Å². The molecule has 0 amide bonds. The zero-order valence-electron chi connectivity index (χ0n) is 8.34. The van der Waals surface area contributed by atoms with Crippen LogP contribution in [0.15, 0.2) is 16.6 Å². The number of halogens is 2. The molecular weight excluding hydrogens is 265 g/mol. The van der Waals surface area contributed by atoms with Gasteiger partial charge in [-0.3, -0.25) is 0 Å². The fourth-order valence-electron chi connectivity index (χ4n) is 1.29. The van der Waals surface area contributed by atoms with E-state index in [1.807, 2.05) is 0 Å². The Morgan fingerprint density at radius 1 is 1.60 bits per heavy atom. The number of hydrogen-bond donors (Lipinski definition) is 2. The molecular formula is C10H13BrFNO2. The Morgan fingerprint density at radius 2 is 2.27 bits per heavy atom. The molecule has 0 aliphatic heterocycles. The summed E-state index contributed by atoms with van der Waals surface area (Å²) in [4.78, 5) is 0. The lowest BCUT2D eigenvalue weighted by Gasteiger charge is -2.14. The van der Waals surface area contributed by atoms with Crippen molar-refractivity contribution in [3.05, 3.63) is 28.0 Å². The molecule has 0 saturated carbocycles. The Hall–Kier alpha value is -0.650. The Kier molecular flexibility index (Phi) is 4.50. The first kappa shape index (κ1) is 12.4. The fourth-order valence-corrected chi connectivity index (χ4v) is 1.62. The molecule has 5 heteroatoms. The Bertz CT molecular complexity index is 346. The number of benzene rings is 1. The molecule has 0 spiro atoms. The average molecular weight is 278 g/mol. The molecule has 1 aromatic rings. The van der Waals surface area contributed by atoms with Gasteiger partial charge in [-0.1, -0.05) is 0 Å². The highest BCUT2D eigenvalue weighted by molar-refractivity contribution is 9.10. The van der Waals surface area contributed by atoms with Crippen LogP contribution in [0.25, 0.3) is 0 Å². The molecule has 1 unspecified atom stereocenters. The van der Waals surface area contributed by atoms with Crippen LogP contribution >= 0.6 is 15.9 Å². The van der Waals surface area contributed by atoms with Crippen LogP contribution in [-0.2, 0) is 0 Å². The first-order valence-electron chi connectivity index (χ1n) is 4.51. The summed E-state index contributed by atoms with van der Waals surface area (Å²) in [6.07, 6.45) is -0.426. The highest BCUT2D eigenvalue weighted by atomic mass is 79.9. The van der Waals surface area contributed by atoms with E-state index in [1.165, 1.54) is 19.2 Å². The van der Waals surface area contributed by atoms with Crippen molar-refractivity contribution in [3.8, 4) is 5.75 Å². The summed E-state index contributed by atoms with van der Waals surface area (Å²) in [5.41, 5.74) is 5.74. The number of aliphatic hydroxyl groups is 1. The largest absolute Gasteiger partial charge is 0.496 e. The average Bonchev–Trinajstić information content (AvgIpc) is 2.21. The second-order valence-corrected chi connectivity index (χ2v) is 3.96. The van der Waals surface area contributed by atoms with Crippen molar-refractivity contribution in [1.29, 1.82) is 0 Å². The minimum absolute atomic E-state index is 0.308. The molecule has 1 atom stereocenters.